The molecule has 5 nitrogen and oxygen atoms in total. The molecule has 0 fully saturated rings. The molecule has 0 bridgehead atoms. The summed E-state index contributed by atoms with van der Waals surface area (Å²) >= 11 is 0. The Labute approximate surface area is 192 Å². The van der Waals surface area contributed by atoms with Crippen LogP contribution >= 0.6 is 0 Å². The van der Waals surface area contributed by atoms with Crippen molar-refractivity contribution in [3.05, 3.63) is 65.9 Å². The summed E-state index contributed by atoms with van der Waals surface area (Å²) in [6.07, 6.45) is -3.82. The molecule has 3 aromatic rings. The van der Waals surface area contributed by atoms with Crippen LogP contribution in [0.25, 0.3) is 0 Å². The molecule has 0 aliphatic carbocycles. The summed E-state index contributed by atoms with van der Waals surface area (Å²) < 4.78 is 46.3. The number of halogens is 3. The zero-order valence-corrected chi connectivity index (χ0v) is 19.4. The van der Waals surface area contributed by atoms with Crippen LogP contribution in [0.3, 0.4) is 0 Å². The fraction of sp³-hybridized carbons (Fsp3) is 0.360. The number of nitrogens with one attached hydrogen (secondary N) is 2. The summed E-state index contributed by atoms with van der Waals surface area (Å²) in [5, 5.41) is 5.73. The molecule has 8 heteroatoms. The third-order valence-corrected chi connectivity index (χ3v) is 4.80. The van der Waals surface area contributed by atoms with E-state index in [1.54, 1.807) is 24.3 Å². The average molecular weight is 459 g/mol. The summed E-state index contributed by atoms with van der Waals surface area (Å²) in [6.45, 7) is 10.9. The van der Waals surface area contributed by atoms with Gasteiger partial charge in [0.05, 0.1) is 6.61 Å². The third-order valence-electron chi connectivity index (χ3n) is 4.80. The number of aromatic nitrogens is 2. The molecule has 0 saturated carbocycles. The molecule has 1 aromatic heterocycles. The second-order valence-electron chi connectivity index (χ2n) is 9.26. The van der Waals surface area contributed by atoms with Crippen molar-refractivity contribution in [2.45, 2.75) is 46.2 Å². The lowest BCUT2D eigenvalue weighted by molar-refractivity contribution is -0.137. The quantitative estimate of drug-likeness (QED) is 0.389. The van der Waals surface area contributed by atoms with E-state index in [4.69, 9.17) is 4.74 Å². The fourth-order valence-corrected chi connectivity index (χ4v) is 2.96. The molecule has 0 saturated heterocycles. The Morgan fingerprint density at radius 2 is 1.45 bits per heavy atom. The van der Waals surface area contributed by atoms with E-state index in [2.05, 4.69) is 41.4 Å². The Morgan fingerprint density at radius 3 is 2.00 bits per heavy atom. The Balaban J connectivity index is 1.82. The molecule has 0 atom stereocenters. The van der Waals surface area contributed by atoms with Gasteiger partial charge in [-0.3, -0.25) is 0 Å². The predicted octanol–water partition coefficient (Wildman–Crippen LogP) is 7.31. The van der Waals surface area contributed by atoms with E-state index in [-0.39, 0.29) is 17.2 Å². The largest absolute Gasteiger partial charge is 0.493 e. The van der Waals surface area contributed by atoms with Gasteiger partial charge in [0.1, 0.15) is 17.1 Å². The second-order valence-corrected chi connectivity index (χ2v) is 9.26. The molecule has 1 heterocycles. The van der Waals surface area contributed by atoms with Gasteiger partial charge in [0, 0.05) is 17.6 Å². The lowest BCUT2D eigenvalue weighted by Crippen LogP contribution is -2.13. The van der Waals surface area contributed by atoms with Crippen LogP contribution in [0.5, 0.6) is 5.75 Å². The molecule has 2 N–H and O–H groups in total. The number of anilines is 4. The first-order valence-electron chi connectivity index (χ1n) is 10.7. The second kappa shape index (κ2) is 9.68. The summed E-state index contributed by atoms with van der Waals surface area (Å²) in [6, 6.07) is 14.3. The summed E-state index contributed by atoms with van der Waals surface area (Å²) in [5.41, 5.74) is 1.33. The molecule has 0 amide bonds. The van der Waals surface area contributed by atoms with Crippen LogP contribution in [0.15, 0.2) is 54.7 Å². The minimum absolute atomic E-state index is 0.00411. The Morgan fingerprint density at radius 1 is 0.879 bits per heavy atom. The molecule has 176 valence electrons. The third kappa shape index (κ3) is 6.84. The molecule has 0 aliphatic heterocycles. The van der Waals surface area contributed by atoms with Crippen LogP contribution in [-0.2, 0) is 11.6 Å². The van der Waals surface area contributed by atoms with E-state index >= 15 is 0 Å². The highest BCUT2D eigenvalue weighted by Crippen LogP contribution is 2.35. The summed E-state index contributed by atoms with van der Waals surface area (Å²) in [7, 11) is 0. The minimum atomic E-state index is -4.60. The maximum atomic E-state index is 13.5. The lowest BCUT2D eigenvalue weighted by atomic mass is 9.87. The van der Waals surface area contributed by atoms with Crippen molar-refractivity contribution >= 4 is 23.1 Å². The summed E-state index contributed by atoms with van der Waals surface area (Å²) in [5.74, 6) is 0.746. The minimum Gasteiger partial charge on any atom is -0.493 e. The normalized spacial score (nSPS) is 12.0. The fourth-order valence-electron chi connectivity index (χ4n) is 2.96. The van der Waals surface area contributed by atoms with E-state index < -0.39 is 11.7 Å². The Hall–Kier alpha value is -3.29. The zero-order valence-electron chi connectivity index (χ0n) is 19.4. The molecule has 0 spiro atoms. The van der Waals surface area contributed by atoms with Crippen LogP contribution in [0.4, 0.5) is 36.3 Å². The molecule has 0 radical (unpaired) electrons. The van der Waals surface area contributed by atoms with E-state index in [9.17, 15) is 13.2 Å². The van der Waals surface area contributed by atoms with Gasteiger partial charge >= 0.3 is 6.18 Å². The van der Waals surface area contributed by atoms with Gasteiger partial charge in [-0.25, -0.2) is 4.98 Å². The molecule has 0 aliphatic rings. The Bertz CT molecular complexity index is 1060. The first-order chi connectivity index (χ1) is 15.4. The highest BCUT2D eigenvalue weighted by molar-refractivity contribution is 5.63. The standard InChI is InChI=1S/C25H29F3N4O/c1-16(2)15-33-20-12-10-18(11-13-20)30-22-21(25(26,27)28)14-29-23(32-22)31-19-8-6-17(7-9-19)24(3,4)5/h6-14,16H,15H2,1-5H3,(H2,29,30,31,32). The van der Waals surface area contributed by atoms with Crippen molar-refractivity contribution in [2.24, 2.45) is 5.92 Å². The number of ether oxygens (including phenoxy) is 1. The molecule has 3 rings (SSSR count). The van der Waals surface area contributed by atoms with Crippen molar-refractivity contribution in [3.63, 3.8) is 0 Å². The molecular weight excluding hydrogens is 429 g/mol. The van der Waals surface area contributed by atoms with Crippen molar-refractivity contribution in [3.8, 4) is 5.75 Å². The topological polar surface area (TPSA) is 59.1 Å². The maximum Gasteiger partial charge on any atom is 0.421 e. The number of alkyl halides is 3. The molecule has 33 heavy (non-hydrogen) atoms. The van der Waals surface area contributed by atoms with Crippen molar-refractivity contribution < 1.29 is 17.9 Å². The number of hydrogen-bond donors (Lipinski definition) is 2. The SMILES string of the molecule is CC(C)COc1ccc(Nc2nc(Nc3ccc(C(C)(C)C)cc3)ncc2C(F)(F)F)cc1. The van der Waals surface area contributed by atoms with Gasteiger partial charge in [0.25, 0.3) is 0 Å². The van der Waals surface area contributed by atoms with E-state index in [1.807, 2.05) is 38.1 Å². The van der Waals surface area contributed by atoms with Crippen molar-refractivity contribution in [1.82, 2.24) is 9.97 Å². The van der Waals surface area contributed by atoms with Crippen LogP contribution in [0, 0.1) is 5.92 Å². The first kappa shape index (κ1) is 24.4. The van der Waals surface area contributed by atoms with E-state index in [0.29, 0.717) is 29.6 Å². The van der Waals surface area contributed by atoms with E-state index in [1.165, 1.54) is 0 Å². The highest BCUT2D eigenvalue weighted by atomic mass is 19.4. The van der Waals surface area contributed by atoms with Gasteiger partial charge in [-0.1, -0.05) is 46.8 Å². The molecule has 0 unspecified atom stereocenters. The number of hydrogen-bond acceptors (Lipinski definition) is 5. The van der Waals surface area contributed by atoms with Gasteiger partial charge in [-0.15, -0.1) is 0 Å². The van der Waals surface area contributed by atoms with Crippen LogP contribution in [0.2, 0.25) is 0 Å². The van der Waals surface area contributed by atoms with Gasteiger partial charge < -0.3 is 15.4 Å². The van der Waals surface area contributed by atoms with Crippen molar-refractivity contribution in [2.75, 3.05) is 17.2 Å². The van der Waals surface area contributed by atoms with Gasteiger partial charge in [-0.05, 0) is 53.3 Å². The Kier molecular flexibility index (Phi) is 7.15. The first-order valence-corrected chi connectivity index (χ1v) is 10.7. The summed E-state index contributed by atoms with van der Waals surface area (Å²) in [4.78, 5) is 7.96. The van der Waals surface area contributed by atoms with Gasteiger partial charge in [-0.2, -0.15) is 18.2 Å². The van der Waals surface area contributed by atoms with E-state index in [0.717, 1.165) is 11.8 Å². The molecule has 2 aromatic carbocycles. The van der Waals surface area contributed by atoms with Gasteiger partial charge in [0.2, 0.25) is 5.95 Å². The zero-order chi connectivity index (χ0) is 24.2. The van der Waals surface area contributed by atoms with Crippen molar-refractivity contribution in [1.29, 1.82) is 0 Å². The number of benzene rings is 2. The van der Waals surface area contributed by atoms with Gasteiger partial charge in [0.15, 0.2) is 0 Å². The average Bonchev–Trinajstić information content (AvgIpc) is 2.72. The molecular formula is C25H29F3N4O. The predicted molar refractivity (Wildman–Crippen MR) is 126 cm³/mol. The van der Waals surface area contributed by atoms with Crippen LogP contribution in [-0.4, -0.2) is 16.6 Å². The number of rotatable bonds is 7. The highest BCUT2D eigenvalue weighted by Gasteiger charge is 2.35. The maximum absolute atomic E-state index is 13.5. The number of nitrogens with zero attached hydrogens (tertiary/aromatic N) is 2. The lowest BCUT2D eigenvalue weighted by Gasteiger charge is -2.19. The smallest absolute Gasteiger partial charge is 0.421 e. The van der Waals surface area contributed by atoms with Crippen LogP contribution in [0.1, 0.15) is 45.7 Å². The monoisotopic (exact) mass is 458 g/mol. The van der Waals surface area contributed by atoms with Crippen LogP contribution < -0.4 is 15.4 Å².